The molecule has 2 aromatic heterocycles. The first-order valence-corrected chi connectivity index (χ1v) is 5.75. The number of aromatic nitrogens is 3. The van der Waals surface area contributed by atoms with Crippen molar-refractivity contribution in [2.75, 3.05) is 5.43 Å². The lowest BCUT2D eigenvalue weighted by molar-refractivity contribution is 0.693. The maximum absolute atomic E-state index is 5.37. The lowest BCUT2D eigenvalue weighted by Crippen LogP contribution is -2.09. The van der Waals surface area contributed by atoms with Gasteiger partial charge < -0.3 is 9.99 Å². The van der Waals surface area contributed by atoms with Crippen LogP contribution in [0.5, 0.6) is 0 Å². The van der Waals surface area contributed by atoms with Gasteiger partial charge >= 0.3 is 0 Å². The van der Waals surface area contributed by atoms with Crippen LogP contribution < -0.4 is 11.3 Å². The van der Waals surface area contributed by atoms with Gasteiger partial charge in [-0.3, -0.25) is 10.8 Å². The molecule has 0 aliphatic rings. The first kappa shape index (κ1) is 11.6. The summed E-state index contributed by atoms with van der Waals surface area (Å²) in [6.45, 7) is 2.88. The fourth-order valence-electron chi connectivity index (χ4n) is 1.76. The summed E-state index contributed by atoms with van der Waals surface area (Å²) in [5.74, 6) is 6.47. The van der Waals surface area contributed by atoms with Crippen LogP contribution in [0.15, 0.2) is 30.7 Å². The lowest BCUT2D eigenvalue weighted by Gasteiger charge is -2.07. The van der Waals surface area contributed by atoms with E-state index in [1.165, 1.54) is 0 Å². The molecule has 17 heavy (non-hydrogen) atoms. The predicted molar refractivity (Wildman–Crippen MR) is 67.4 cm³/mol. The minimum absolute atomic E-state index is 0.727. The van der Waals surface area contributed by atoms with Gasteiger partial charge in [0.05, 0.1) is 17.9 Å². The highest BCUT2D eigenvalue weighted by atomic mass is 15.2. The largest absolute Gasteiger partial charge is 0.329 e. The summed E-state index contributed by atoms with van der Waals surface area (Å²) in [5, 5.41) is 0. The highest BCUT2D eigenvalue weighted by Gasteiger charge is 2.03. The number of nitrogen functional groups attached to an aromatic ring is 1. The van der Waals surface area contributed by atoms with Crippen molar-refractivity contribution < 1.29 is 0 Å². The number of nitrogens with zero attached hydrogens (tertiary/aromatic N) is 3. The maximum atomic E-state index is 5.37. The molecule has 2 heterocycles. The van der Waals surface area contributed by atoms with Gasteiger partial charge in [-0.05, 0) is 18.6 Å². The van der Waals surface area contributed by atoms with Gasteiger partial charge in [0.25, 0.3) is 0 Å². The van der Waals surface area contributed by atoms with Crippen molar-refractivity contribution in [3.05, 3.63) is 42.2 Å². The molecule has 0 bridgehead atoms. The standard InChI is InChI=1S/C12H17N5/c1-2-3-12-15-6-7-17(12)9-11-8-10(16-13)4-5-14-11/h4-8H,2-3,9,13H2,1H3,(H,14,16). The average Bonchev–Trinajstić information content (AvgIpc) is 2.78. The molecule has 2 aromatic rings. The van der Waals surface area contributed by atoms with Crippen molar-refractivity contribution in [1.29, 1.82) is 0 Å². The second-order valence-electron chi connectivity index (χ2n) is 3.90. The van der Waals surface area contributed by atoms with Crippen LogP contribution in [0.4, 0.5) is 5.69 Å². The monoisotopic (exact) mass is 231 g/mol. The Bertz CT molecular complexity index is 477. The third-order valence-electron chi connectivity index (χ3n) is 2.59. The summed E-state index contributed by atoms with van der Waals surface area (Å²) in [5.41, 5.74) is 4.46. The average molecular weight is 231 g/mol. The molecule has 0 saturated heterocycles. The second kappa shape index (κ2) is 5.45. The van der Waals surface area contributed by atoms with E-state index < -0.39 is 0 Å². The molecular formula is C12H17N5. The Labute approximate surface area is 101 Å². The number of aryl methyl sites for hydroxylation is 1. The Morgan fingerprint density at radius 3 is 3.00 bits per heavy atom. The first-order valence-electron chi connectivity index (χ1n) is 5.75. The van der Waals surface area contributed by atoms with Gasteiger partial charge in [0, 0.05) is 25.0 Å². The first-order chi connectivity index (χ1) is 8.33. The molecule has 5 nitrogen and oxygen atoms in total. The Morgan fingerprint density at radius 1 is 1.35 bits per heavy atom. The Hall–Kier alpha value is -1.88. The number of imidazole rings is 1. The van der Waals surface area contributed by atoms with Gasteiger partial charge in [0.15, 0.2) is 0 Å². The smallest absolute Gasteiger partial charge is 0.108 e. The molecule has 0 atom stereocenters. The molecule has 5 heteroatoms. The van der Waals surface area contributed by atoms with Crippen LogP contribution in [0.1, 0.15) is 24.9 Å². The molecule has 0 radical (unpaired) electrons. The van der Waals surface area contributed by atoms with E-state index in [1.54, 1.807) is 6.20 Å². The lowest BCUT2D eigenvalue weighted by atomic mass is 10.3. The zero-order chi connectivity index (χ0) is 12.1. The number of hydrogen-bond acceptors (Lipinski definition) is 4. The number of rotatable bonds is 5. The van der Waals surface area contributed by atoms with Crippen molar-refractivity contribution in [3.63, 3.8) is 0 Å². The van der Waals surface area contributed by atoms with Gasteiger partial charge in [0.2, 0.25) is 0 Å². The fraction of sp³-hybridized carbons (Fsp3) is 0.333. The Morgan fingerprint density at radius 2 is 2.24 bits per heavy atom. The SMILES string of the molecule is CCCc1nccn1Cc1cc(NN)ccn1. The van der Waals surface area contributed by atoms with E-state index in [0.29, 0.717) is 0 Å². The minimum Gasteiger partial charge on any atom is -0.329 e. The minimum atomic E-state index is 0.727. The fourth-order valence-corrected chi connectivity index (χ4v) is 1.76. The van der Waals surface area contributed by atoms with Crippen LogP contribution in [0, 0.1) is 0 Å². The number of nitrogens with one attached hydrogen (secondary N) is 1. The zero-order valence-electron chi connectivity index (χ0n) is 9.93. The second-order valence-corrected chi connectivity index (χ2v) is 3.90. The van der Waals surface area contributed by atoms with Gasteiger partial charge in [-0.1, -0.05) is 6.92 Å². The Kier molecular flexibility index (Phi) is 3.72. The highest BCUT2D eigenvalue weighted by Crippen LogP contribution is 2.09. The van der Waals surface area contributed by atoms with Crippen LogP contribution in [0.25, 0.3) is 0 Å². The summed E-state index contributed by atoms with van der Waals surface area (Å²) in [6.07, 6.45) is 7.64. The van der Waals surface area contributed by atoms with Crippen LogP contribution in [-0.4, -0.2) is 14.5 Å². The molecule has 0 aliphatic carbocycles. The molecule has 2 rings (SSSR count). The van der Waals surface area contributed by atoms with Crippen LogP contribution in [0.2, 0.25) is 0 Å². The number of hydrogen-bond donors (Lipinski definition) is 2. The number of pyridine rings is 1. The summed E-state index contributed by atoms with van der Waals surface area (Å²) in [7, 11) is 0. The van der Waals surface area contributed by atoms with Crippen LogP contribution in [0.3, 0.4) is 0 Å². The van der Waals surface area contributed by atoms with Gasteiger partial charge in [-0.2, -0.15) is 0 Å². The van der Waals surface area contributed by atoms with E-state index >= 15 is 0 Å². The molecule has 0 saturated carbocycles. The summed E-state index contributed by atoms with van der Waals surface area (Å²) in [6, 6.07) is 3.78. The van der Waals surface area contributed by atoms with E-state index in [2.05, 4.69) is 26.9 Å². The zero-order valence-corrected chi connectivity index (χ0v) is 9.93. The summed E-state index contributed by atoms with van der Waals surface area (Å²) >= 11 is 0. The molecule has 0 amide bonds. The van der Waals surface area contributed by atoms with Crippen molar-refractivity contribution in [3.8, 4) is 0 Å². The molecule has 0 spiro atoms. The molecule has 0 aromatic carbocycles. The summed E-state index contributed by atoms with van der Waals surface area (Å²) < 4.78 is 2.12. The van der Waals surface area contributed by atoms with Crippen molar-refractivity contribution >= 4 is 5.69 Å². The highest BCUT2D eigenvalue weighted by molar-refractivity contribution is 5.41. The third-order valence-corrected chi connectivity index (χ3v) is 2.59. The Balaban J connectivity index is 2.16. The summed E-state index contributed by atoms with van der Waals surface area (Å²) in [4.78, 5) is 8.66. The topological polar surface area (TPSA) is 68.8 Å². The van der Waals surface area contributed by atoms with Crippen LogP contribution >= 0.6 is 0 Å². The molecule has 90 valence electrons. The van der Waals surface area contributed by atoms with Gasteiger partial charge in [0.1, 0.15) is 5.82 Å². The maximum Gasteiger partial charge on any atom is 0.108 e. The van der Waals surface area contributed by atoms with Gasteiger partial charge in [-0.25, -0.2) is 4.98 Å². The number of nitrogens with two attached hydrogens (primary N) is 1. The molecular weight excluding hydrogens is 214 g/mol. The van der Waals surface area contributed by atoms with Gasteiger partial charge in [-0.15, -0.1) is 0 Å². The van der Waals surface area contributed by atoms with Crippen molar-refractivity contribution in [1.82, 2.24) is 14.5 Å². The van der Waals surface area contributed by atoms with E-state index in [4.69, 9.17) is 5.84 Å². The van der Waals surface area contributed by atoms with E-state index in [-0.39, 0.29) is 0 Å². The molecule has 3 N–H and O–H groups in total. The third kappa shape index (κ3) is 2.82. The van der Waals surface area contributed by atoms with E-state index in [1.807, 2.05) is 24.5 Å². The number of anilines is 1. The quantitative estimate of drug-likeness (QED) is 0.605. The van der Waals surface area contributed by atoms with E-state index in [0.717, 1.165) is 36.6 Å². The van der Waals surface area contributed by atoms with Crippen molar-refractivity contribution in [2.24, 2.45) is 5.84 Å². The molecule has 0 fully saturated rings. The molecule has 0 unspecified atom stereocenters. The van der Waals surface area contributed by atoms with Crippen LogP contribution in [-0.2, 0) is 13.0 Å². The van der Waals surface area contributed by atoms with Crippen molar-refractivity contribution in [2.45, 2.75) is 26.3 Å². The normalized spacial score (nSPS) is 10.5. The van der Waals surface area contributed by atoms with E-state index in [9.17, 15) is 0 Å². The molecule has 0 aliphatic heterocycles. The predicted octanol–water partition coefficient (Wildman–Crippen LogP) is 1.56. The number of hydrazine groups is 1.